The Morgan fingerprint density at radius 1 is 1.33 bits per heavy atom. The van der Waals surface area contributed by atoms with Crippen LogP contribution in [0, 0.1) is 0 Å². The Bertz CT molecular complexity index is 848. The first-order valence-corrected chi connectivity index (χ1v) is 9.33. The maximum Gasteiger partial charge on any atom is 0.242 e. The minimum Gasteiger partial charge on any atom is -0.493 e. The second-order valence-electron chi connectivity index (χ2n) is 6.87. The van der Waals surface area contributed by atoms with Gasteiger partial charge in [-0.25, -0.2) is 4.68 Å². The summed E-state index contributed by atoms with van der Waals surface area (Å²) in [4.78, 5) is 12.3. The number of hydrogen-bond acceptors (Lipinski definition) is 6. The molecule has 8 nitrogen and oxygen atoms in total. The van der Waals surface area contributed by atoms with Gasteiger partial charge in [-0.1, -0.05) is 16.8 Å². The quantitative estimate of drug-likeness (QED) is 0.792. The molecule has 1 saturated heterocycles. The molecule has 2 aliphatic rings. The Morgan fingerprint density at radius 3 is 2.96 bits per heavy atom. The van der Waals surface area contributed by atoms with Gasteiger partial charge >= 0.3 is 0 Å². The van der Waals surface area contributed by atoms with Crippen molar-refractivity contribution in [3.63, 3.8) is 0 Å². The van der Waals surface area contributed by atoms with Gasteiger partial charge in [0.25, 0.3) is 0 Å². The van der Waals surface area contributed by atoms with E-state index in [1.165, 1.54) is 4.68 Å². The number of fused-ring (bicyclic) bond motifs is 1. The lowest BCUT2D eigenvalue weighted by Gasteiger charge is -2.29. The van der Waals surface area contributed by atoms with Crippen molar-refractivity contribution in [3.05, 3.63) is 40.2 Å². The fourth-order valence-corrected chi connectivity index (χ4v) is 3.69. The molecule has 3 heterocycles. The Balaban J connectivity index is 1.37. The number of benzene rings is 1. The van der Waals surface area contributed by atoms with Crippen LogP contribution in [0.25, 0.3) is 0 Å². The largest absolute Gasteiger partial charge is 0.493 e. The van der Waals surface area contributed by atoms with Gasteiger partial charge in [-0.3, -0.25) is 4.79 Å². The molecule has 1 aromatic heterocycles. The molecule has 1 amide bonds. The zero-order chi connectivity index (χ0) is 18.9. The molecule has 0 radical (unpaired) electrons. The van der Waals surface area contributed by atoms with Crippen LogP contribution in [0.15, 0.2) is 18.3 Å². The third kappa shape index (κ3) is 3.92. The van der Waals surface area contributed by atoms with E-state index in [0.717, 1.165) is 23.3 Å². The Kier molecular flexibility index (Phi) is 5.03. The SMILES string of the molecule is O=C(Cn1cc(C2(O)CCOCC2)nn1)NCc1cc(Cl)cc2c1OCC2. The van der Waals surface area contributed by atoms with Crippen molar-refractivity contribution in [3.8, 4) is 5.75 Å². The number of amides is 1. The van der Waals surface area contributed by atoms with Crippen LogP contribution >= 0.6 is 11.6 Å². The number of carbonyl (C=O) groups is 1. The zero-order valence-corrected chi connectivity index (χ0v) is 15.5. The standard InChI is InChI=1S/C18H21ClN4O4/c19-14-7-12-1-4-27-17(12)13(8-14)9-20-16(24)11-23-10-15(21-22-23)18(25)2-5-26-6-3-18/h7-8,10,25H,1-6,9,11H2,(H,20,24). The summed E-state index contributed by atoms with van der Waals surface area (Å²) in [7, 11) is 0. The van der Waals surface area contributed by atoms with Crippen molar-refractivity contribution in [1.29, 1.82) is 0 Å². The second-order valence-corrected chi connectivity index (χ2v) is 7.31. The van der Waals surface area contributed by atoms with E-state index in [0.29, 0.717) is 49.9 Å². The summed E-state index contributed by atoms with van der Waals surface area (Å²) >= 11 is 6.14. The molecule has 0 bridgehead atoms. The fraction of sp³-hybridized carbons (Fsp3) is 0.500. The highest BCUT2D eigenvalue weighted by Crippen LogP contribution is 2.33. The average Bonchev–Trinajstić information content (AvgIpc) is 3.30. The third-order valence-corrected chi connectivity index (χ3v) is 5.16. The van der Waals surface area contributed by atoms with Crippen molar-refractivity contribution in [2.75, 3.05) is 19.8 Å². The van der Waals surface area contributed by atoms with Crippen molar-refractivity contribution in [2.45, 2.75) is 38.0 Å². The van der Waals surface area contributed by atoms with Crippen molar-refractivity contribution < 1.29 is 19.4 Å². The summed E-state index contributed by atoms with van der Waals surface area (Å²) in [5.74, 6) is 0.599. The normalized spacial score (nSPS) is 18.0. The molecule has 2 aromatic rings. The fourth-order valence-electron chi connectivity index (χ4n) is 3.43. The van der Waals surface area contributed by atoms with E-state index in [2.05, 4.69) is 15.6 Å². The molecule has 27 heavy (non-hydrogen) atoms. The lowest BCUT2D eigenvalue weighted by molar-refractivity contribution is -0.122. The summed E-state index contributed by atoms with van der Waals surface area (Å²) < 4.78 is 12.3. The van der Waals surface area contributed by atoms with Gasteiger partial charge in [0.2, 0.25) is 5.91 Å². The highest BCUT2D eigenvalue weighted by molar-refractivity contribution is 6.30. The number of aliphatic hydroxyl groups is 1. The molecule has 0 saturated carbocycles. The van der Waals surface area contributed by atoms with Gasteiger partial charge in [-0.2, -0.15) is 0 Å². The van der Waals surface area contributed by atoms with Crippen LogP contribution in [-0.2, 0) is 34.6 Å². The van der Waals surface area contributed by atoms with Crippen LogP contribution in [0.1, 0.15) is 29.7 Å². The molecule has 1 aromatic carbocycles. The summed E-state index contributed by atoms with van der Waals surface area (Å²) in [6.45, 7) is 1.94. The molecular weight excluding hydrogens is 372 g/mol. The predicted molar refractivity (Wildman–Crippen MR) is 96.5 cm³/mol. The van der Waals surface area contributed by atoms with Gasteiger partial charge in [-0.15, -0.1) is 5.10 Å². The van der Waals surface area contributed by atoms with E-state index in [4.69, 9.17) is 21.1 Å². The molecule has 144 valence electrons. The van der Waals surface area contributed by atoms with Crippen LogP contribution in [0.4, 0.5) is 0 Å². The molecule has 0 spiro atoms. The first kappa shape index (κ1) is 18.2. The lowest BCUT2D eigenvalue weighted by Crippen LogP contribution is -2.33. The maximum absolute atomic E-state index is 12.3. The predicted octanol–water partition coefficient (Wildman–Crippen LogP) is 1.18. The van der Waals surface area contributed by atoms with Gasteiger partial charge in [0, 0.05) is 49.6 Å². The van der Waals surface area contributed by atoms with Crippen LogP contribution < -0.4 is 10.1 Å². The van der Waals surface area contributed by atoms with Crippen LogP contribution in [-0.4, -0.2) is 45.8 Å². The third-order valence-electron chi connectivity index (χ3n) is 4.94. The van der Waals surface area contributed by atoms with E-state index in [1.807, 2.05) is 6.07 Å². The smallest absolute Gasteiger partial charge is 0.242 e. The minimum absolute atomic E-state index is 0.0171. The van der Waals surface area contributed by atoms with E-state index < -0.39 is 5.60 Å². The molecule has 2 N–H and O–H groups in total. The molecule has 2 aliphatic heterocycles. The van der Waals surface area contributed by atoms with Crippen molar-refractivity contribution in [2.24, 2.45) is 0 Å². The van der Waals surface area contributed by atoms with Gasteiger partial charge in [0.15, 0.2) is 0 Å². The van der Waals surface area contributed by atoms with E-state index in [1.54, 1.807) is 12.3 Å². The Morgan fingerprint density at radius 2 is 2.15 bits per heavy atom. The summed E-state index contributed by atoms with van der Waals surface area (Å²) in [5.41, 5.74) is 1.36. The molecule has 0 unspecified atom stereocenters. The molecule has 4 rings (SSSR count). The number of hydrogen-bond donors (Lipinski definition) is 2. The van der Waals surface area contributed by atoms with E-state index in [9.17, 15) is 9.90 Å². The average molecular weight is 393 g/mol. The number of nitrogens with one attached hydrogen (secondary N) is 1. The van der Waals surface area contributed by atoms with Crippen LogP contribution in [0.2, 0.25) is 5.02 Å². The van der Waals surface area contributed by atoms with E-state index in [-0.39, 0.29) is 12.5 Å². The van der Waals surface area contributed by atoms with Crippen LogP contribution in [0.3, 0.4) is 0 Å². The summed E-state index contributed by atoms with van der Waals surface area (Å²) in [6, 6.07) is 3.70. The topological polar surface area (TPSA) is 98.5 Å². The van der Waals surface area contributed by atoms with Gasteiger partial charge in [-0.05, 0) is 17.7 Å². The Labute approximate surface area is 161 Å². The van der Waals surface area contributed by atoms with Crippen LogP contribution in [0.5, 0.6) is 5.75 Å². The monoisotopic (exact) mass is 392 g/mol. The summed E-state index contributed by atoms with van der Waals surface area (Å²) in [5, 5.41) is 22.1. The highest BCUT2D eigenvalue weighted by atomic mass is 35.5. The minimum atomic E-state index is -1.04. The van der Waals surface area contributed by atoms with Crippen molar-refractivity contribution >= 4 is 17.5 Å². The lowest BCUT2D eigenvalue weighted by atomic mass is 9.91. The van der Waals surface area contributed by atoms with Crippen molar-refractivity contribution in [1.82, 2.24) is 20.3 Å². The number of carbonyl (C=O) groups excluding carboxylic acids is 1. The number of nitrogens with zero attached hydrogens (tertiary/aromatic N) is 3. The number of halogens is 1. The first-order valence-electron chi connectivity index (χ1n) is 8.95. The number of rotatable bonds is 5. The Hall–Kier alpha value is -2.16. The first-order chi connectivity index (χ1) is 13.0. The maximum atomic E-state index is 12.3. The zero-order valence-electron chi connectivity index (χ0n) is 14.8. The van der Waals surface area contributed by atoms with E-state index >= 15 is 0 Å². The number of aromatic nitrogens is 3. The summed E-state index contributed by atoms with van der Waals surface area (Å²) in [6.07, 6.45) is 3.38. The molecule has 9 heteroatoms. The number of ether oxygens (including phenoxy) is 2. The second kappa shape index (κ2) is 7.46. The van der Waals surface area contributed by atoms with Gasteiger partial charge < -0.3 is 19.9 Å². The van der Waals surface area contributed by atoms with Gasteiger partial charge in [0.1, 0.15) is 23.6 Å². The highest BCUT2D eigenvalue weighted by Gasteiger charge is 2.34. The molecular formula is C18H21ClN4O4. The molecule has 1 fully saturated rings. The molecule has 0 atom stereocenters. The van der Waals surface area contributed by atoms with Gasteiger partial charge in [0.05, 0.1) is 12.8 Å². The molecule has 0 aliphatic carbocycles.